The first-order valence-corrected chi connectivity index (χ1v) is 13.8. The fraction of sp³-hybridized carbons (Fsp3) is 0.364. The van der Waals surface area contributed by atoms with Gasteiger partial charge in [0.15, 0.2) is 5.13 Å². The van der Waals surface area contributed by atoms with Crippen molar-refractivity contribution in [2.75, 3.05) is 25.0 Å². The van der Waals surface area contributed by atoms with Gasteiger partial charge in [-0.15, -0.1) is 22.7 Å². The molecule has 1 fully saturated rings. The van der Waals surface area contributed by atoms with Crippen LogP contribution in [-0.4, -0.2) is 48.1 Å². The lowest BCUT2D eigenvalue weighted by molar-refractivity contribution is 0.102. The Morgan fingerprint density at radius 2 is 1.88 bits per heavy atom. The van der Waals surface area contributed by atoms with Crippen LogP contribution in [0.5, 0.6) is 0 Å². The summed E-state index contributed by atoms with van der Waals surface area (Å²) in [6.45, 7) is 3.62. The Morgan fingerprint density at radius 1 is 1.09 bits per heavy atom. The molecule has 5 rings (SSSR count). The summed E-state index contributed by atoms with van der Waals surface area (Å²) in [7, 11) is -3.64. The summed E-state index contributed by atoms with van der Waals surface area (Å²) < 4.78 is 27.4. The van der Waals surface area contributed by atoms with Gasteiger partial charge in [-0.2, -0.15) is 4.31 Å². The van der Waals surface area contributed by atoms with Crippen molar-refractivity contribution in [3.8, 4) is 0 Å². The topological polar surface area (TPSA) is 82.6 Å². The summed E-state index contributed by atoms with van der Waals surface area (Å²) in [6, 6.07) is 11.9. The number of hydrogen-bond donors (Lipinski definition) is 1. The van der Waals surface area contributed by atoms with Gasteiger partial charge in [0.2, 0.25) is 10.0 Å². The molecule has 0 radical (unpaired) electrons. The van der Waals surface area contributed by atoms with E-state index in [2.05, 4.69) is 27.3 Å². The molecule has 0 spiro atoms. The third-order valence-electron chi connectivity index (χ3n) is 5.80. The molecule has 1 amide bonds. The summed E-state index contributed by atoms with van der Waals surface area (Å²) >= 11 is 2.62. The molecule has 0 atom stereocenters. The number of carbonyl (C=O) groups excluding carboxylic acids is 1. The number of anilines is 1. The predicted molar refractivity (Wildman–Crippen MR) is 127 cm³/mol. The van der Waals surface area contributed by atoms with E-state index in [0.29, 0.717) is 18.2 Å². The third kappa shape index (κ3) is 4.38. The highest BCUT2D eigenvalue weighted by Crippen LogP contribution is 2.31. The van der Waals surface area contributed by atoms with Crippen LogP contribution >= 0.6 is 22.7 Å². The van der Waals surface area contributed by atoms with Crippen LogP contribution in [0.3, 0.4) is 0 Å². The number of sulfonamides is 1. The highest BCUT2D eigenvalue weighted by molar-refractivity contribution is 7.89. The third-order valence-corrected chi connectivity index (χ3v) is 9.78. The van der Waals surface area contributed by atoms with E-state index in [0.717, 1.165) is 60.8 Å². The number of aromatic nitrogens is 1. The van der Waals surface area contributed by atoms with E-state index in [4.69, 9.17) is 0 Å². The Labute approximate surface area is 195 Å². The molecule has 0 unspecified atom stereocenters. The normalized spacial score (nSPS) is 17.4. The number of carbonyl (C=O) groups is 1. The molecular weight excluding hydrogens is 464 g/mol. The Morgan fingerprint density at radius 3 is 2.66 bits per heavy atom. The van der Waals surface area contributed by atoms with Crippen molar-refractivity contribution in [1.82, 2.24) is 14.2 Å². The highest BCUT2D eigenvalue weighted by Gasteiger charge is 2.32. The quantitative estimate of drug-likeness (QED) is 0.571. The number of rotatable bonds is 6. The van der Waals surface area contributed by atoms with E-state index < -0.39 is 15.9 Å². The van der Waals surface area contributed by atoms with Gasteiger partial charge in [-0.05, 0) is 29.9 Å². The maximum Gasteiger partial charge on any atom is 0.268 e. The summed E-state index contributed by atoms with van der Waals surface area (Å²) in [5.74, 6) is -0.412. The van der Waals surface area contributed by atoms with Crippen LogP contribution in [0.25, 0.3) is 0 Å². The zero-order chi connectivity index (χ0) is 22.1. The molecule has 2 aliphatic heterocycles. The number of benzene rings is 1. The molecule has 10 heteroatoms. The minimum atomic E-state index is -3.64. The molecular formula is C22H24N4O3S3. The van der Waals surface area contributed by atoms with E-state index in [1.807, 2.05) is 18.2 Å². The fourth-order valence-corrected chi connectivity index (χ4v) is 8.02. The molecule has 4 heterocycles. The van der Waals surface area contributed by atoms with E-state index in [1.54, 1.807) is 5.38 Å². The average Bonchev–Trinajstić information content (AvgIpc) is 3.54. The van der Waals surface area contributed by atoms with Crippen LogP contribution in [-0.2, 0) is 29.5 Å². The van der Waals surface area contributed by atoms with Crippen molar-refractivity contribution in [2.45, 2.75) is 37.2 Å². The van der Waals surface area contributed by atoms with Crippen LogP contribution in [0.2, 0.25) is 0 Å². The van der Waals surface area contributed by atoms with Crippen molar-refractivity contribution < 1.29 is 13.2 Å². The van der Waals surface area contributed by atoms with Crippen molar-refractivity contribution in [1.29, 1.82) is 0 Å². The van der Waals surface area contributed by atoms with Gasteiger partial charge < -0.3 is 0 Å². The standard InChI is InChI=1S/C22H24N4O3S3/c27-21(20-19(9-13-30-20)32(28,29)26-10-4-5-11-26)24-22-23-17-8-12-25(15-18(17)31-22)14-16-6-2-1-3-7-16/h1-3,6-7,9,13H,4-5,8,10-12,14-15H2,(H,23,24,27). The van der Waals surface area contributed by atoms with Gasteiger partial charge in [-0.1, -0.05) is 30.3 Å². The lowest BCUT2D eigenvalue weighted by Crippen LogP contribution is -2.29. The summed E-state index contributed by atoms with van der Waals surface area (Å²) in [6.07, 6.45) is 2.55. The van der Waals surface area contributed by atoms with Gasteiger partial charge in [0.05, 0.1) is 5.69 Å². The maximum atomic E-state index is 13.0. The summed E-state index contributed by atoms with van der Waals surface area (Å²) in [5.41, 5.74) is 2.30. The monoisotopic (exact) mass is 488 g/mol. The second-order valence-electron chi connectivity index (χ2n) is 8.01. The van der Waals surface area contributed by atoms with Crippen LogP contribution in [0.4, 0.5) is 5.13 Å². The molecule has 7 nitrogen and oxygen atoms in total. The number of thiophene rings is 1. The Kier molecular flexibility index (Phi) is 6.13. The molecule has 32 heavy (non-hydrogen) atoms. The van der Waals surface area contributed by atoms with E-state index in [9.17, 15) is 13.2 Å². The first kappa shape index (κ1) is 21.7. The van der Waals surface area contributed by atoms with Crippen LogP contribution < -0.4 is 5.32 Å². The maximum absolute atomic E-state index is 13.0. The van der Waals surface area contributed by atoms with Gasteiger partial charge >= 0.3 is 0 Å². The summed E-state index contributed by atoms with van der Waals surface area (Å²) in [5, 5.41) is 5.03. The van der Waals surface area contributed by atoms with Gasteiger partial charge in [-0.25, -0.2) is 13.4 Å². The molecule has 3 aromatic rings. The molecule has 1 saturated heterocycles. The minimum Gasteiger partial charge on any atom is -0.297 e. The predicted octanol–water partition coefficient (Wildman–Crippen LogP) is 3.80. The highest BCUT2D eigenvalue weighted by atomic mass is 32.2. The SMILES string of the molecule is O=C(Nc1nc2c(s1)CN(Cc1ccccc1)CC2)c1sccc1S(=O)(=O)N1CCCC1. The van der Waals surface area contributed by atoms with Crippen molar-refractivity contribution in [3.05, 3.63) is 62.8 Å². The van der Waals surface area contributed by atoms with Crippen molar-refractivity contribution >= 4 is 43.7 Å². The zero-order valence-electron chi connectivity index (χ0n) is 17.5. The van der Waals surface area contributed by atoms with E-state index in [1.165, 1.54) is 27.3 Å². The van der Waals surface area contributed by atoms with Crippen LogP contribution in [0.1, 0.15) is 38.6 Å². The minimum absolute atomic E-state index is 0.0947. The number of amides is 1. The molecule has 1 N–H and O–H groups in total. The van der Waals surface area contributed by atoms with E-state index >= 15 is 0 Å². The molecule has 168 valence electrons. The number of thiazole rings is 1. The first-order valence-electron chi connectivity index (χ1n) is 10.6. The van der Waals surface area contributed by atoms with Gasteiger partial charge in [0.1, 0.15) is 9.77 Å². The van der Waals surface area contributed by atoms with Crippen LogP contribution in [0, 0.1) is 0 Å². The van der Waals surface area contributed by atoms with Crippen molar-refractivity contribution in [3.63, 3.8) is 0 Å². The van der Waals surface area contributed by atoms with Gasteiger partial charge in [-0.3, -0.25) is 15.0 Å². The molecule has 1 aromatic carbocycles. The van der Waals surface area contributed by atoms with Crippen LogP contribution in [0.15, 0.2) is 46.7 Å². The smallest absolute Gasteiger partial charge is 0.268 e. The number of hydrogen-bond acceptors (Lipinski definition) is 7. The molecule has 0 bridgehead atoms. The Hall–Kier alpha value is -2.11. The fourth-order valence-electron chi connectivity index (χ4n) is 4.17. The van der Waals surface area contributed by atoms with Gasteiger partial charge in [0, 0.05) is 44.0 Å². The lowest BCUT2D eigenvalue weighted by Gasteiger charge is -2.25. The van der Waals surface area contributed by atoms with Gasteiger partial charge in [0.25, 0.3) is 5.91 Å². The summed E-state index contributed by atoms with van der Waals surface area (Å²) in [4.78, 5) is 21.4. The van der Waals surface area contributed by atoms with E-state index in [-0.39, 0.29) is 9.77 Å². The zero-order valence-corrected chi connectivity index (χ0v) is 19.9. The molecule has 2 aromatic heterocycles. The second-order valence-corrected chi connectivity index (χ2v) is 11.9. The largest absolute Gasteiger partial charge is 0.297 e. The second kappa shape index (κ2) is 9.03. The Balaban J connectivity index is 1.29. The number of fused-ring (bicyclic) bond motifs is 1. The van der Waals surface area contributed by atoms with Crippen molar-refractivity contribution in [2.24, 2.45) is 0 Å². The Bertz CT molecular complexity index is 1210. The first-order chi connectivity index (χ1) is 15.5. The average molecular weight is 489 g/mol. The lowest BCUT2D eigenvalue weighted by atomic mass is 10.1. The number of nitrogens with zero attached hydrogens (tertiary/aromatic N) is 3. The molecule has 0 aliphatic carbocycles. The molecule has 2 aliphatic rings. The number of nitrogens with one attached hydrogen (secondary N) is 1. The molecule has 0 saturated carbocycles.